The second-order valence-electron chi connectivity index (χ2n) is 5.17. The Hall–Kier alpha value is -1.35. The summed E-state index contributed by atoms with van der Waals surface area (Å²) in [5.74, 6) is 0.150. The second-order valence-corrected chi connectivity index (χ2v) is 5.17. The summed E-state index contributed by atoms with van der Waals surface area (Å²) in [6.45, 7) is 4.75. The molecular formula is C15H21NO2. The molecule has 0 aromatic heterocycles. The Balaban J connectivity index is 2.11. The Morgan fingerprint density at radius 1 is 1.33 bits per heavy atom. The van der Waals surface area contributed by atoms with Crippen molar-refractivity contribution in [2.24, 2.45) is 0 Å². The predicted octanol–water partition coefficient (Wildman–Crippen LogP) is 2.85. The second kappa shape index (κ2) is 5.53. The average molecular weight is 247 g/mol. The van der Waals surface area contributed by atoms with Crippen molar-refractivity contribution in [1.82, 2.24) is 4.90 Å². The van der Waals surface area contributed by atoms with Crippen LogP contribution in [0.5, 0.6) is 0 Å². The zero-order chi connectivity index (χ0) is 13.1. The third kappa shape index (κ3) is 2.91. The Kier molecular flexibility index (Phi) is 4.02. The molecule has 1 fully saturated rings. The lowest BCUT2D eigenvalue weighted by Crippen LogP contribution is -2.38. The van der Waals surface area contributed by atoms with E-state index in [9.17, 15) is 4.79 Å². The fourth-order valence-electron chi connectivity index (χ4n) is 2.23. The largest absolute Gasteiger partial charge is 0.380 e. The molecule has 1 aromatic carbocycles. The molecular weight excluding hydrogens is 226 g/mol. The fourth-order valence-corrected chi connectivity index (χ4v) is 2.23. The van der Waals surface area contributed by atoms with Crippen molar-refractivity contribution in [2.75, 3.05) is 7.11 Å². The van der Waals surface area contributed by atoms with Crippen LogP contribution < -0.4 is 0 Å². The minimum Gasteiger partial charge on any atom is -0.380 e. The Morgan fingerprint density at radius 2 is 1.94 bits per heavy atom. The van der Waals surface area contributed by atoms with Crippen LogP contribution in [-0.2, 0) is 11.3 Å². The number of carbonyl (C=O) groups is 1. The van der Waals surface area contributed by atoms with Crippen molar-refractivity contribution in [1.29, 1.82) is 0 Å². The summed E-state index contributed by atoms with van der Waals surface area (Å²) < 4.78 is 5.07. The van der Waals surface area contributed by atoms with Gasteiger partial charge in [0.05, 0.1) is 6.61 Å². The van der Waals surface area contributed by atoms with Gasteiger partial charge < -0.3 is 9.64 Å². The highest BCUT2D eigenvalue weighted by molar-refractivity contribution is 5.94. The Bertz CT molecular complexity index is 405. The first-order chi connectivity index (χ1) is 8.63. The lowest BCUT2D eigenvalue weighted by molar-refractivity contribution is 0.0690. The van der Waals surface area contributed by atoms with Gasteiger partial charge >= 0.3 is 0 Å². The van der Waals surface area contributed by atoms with E-state index in [4.69, 9.17) is 4.74 Å². The van der Waals surface area contributed by atoms with Crippen LogP contribution in [0, 0.1) is 0 Å². The van der Waals surface area contributed by atoms with E-state index in [1.165, 1.54) is 0 Å². The maximum absolute atomic E-state index is 12.4. The van der Waals surface area contributed by atoms with Crippen LogP contribution in [0.1, 0.15) is 42.6 Å². The quantitative estimate of drug-likeness (QED) is 0.800. The van der Waals surface area contributed by atoms with Gasteiger partial charge in [0, 0.05) is 24.8 Å². The number of hydrogen-bond donors (Lipinski definition) is 0. The number of rotatable bonds is 5. The van der Waals surface area contributed by atoms with Gasteiger partial charge in [-0.2, -0.15) is 0 Å². The molecule has 0 N–H and O–H groups in total. The molecule has 0 unspecified atom stereocenters. The molecule has 0 saturated heterocycles. The summed E-state index contributed by atoms with van der Waals surface area (Å²) in [4.78, 5) is 14.4. The summed E-state index contributed by atoms with van der Waals surface area (Å²) in [6, 6.07) is 8.44. The van der Waals surface area contributed by atoms with Crippen molar-refractivity contribution in [3.8, 4) is 0 Å². The highest BCUT2D eigenvalue weighted by Gasteiger charge is 2.34. The SMILES string of the molecule is COCc1ccc(C(=O)N(C(C)C)C2CC2)cc1. The van der Waals surface area contributed by atoms with E-state index in [1.807, 2.05) is 29.2 Å². The molecule has 18 heavy (non-hydrogen) atoms. The molecule has 2 rings (SSSR count). The molecule has 0 spiro atoms. The van der Waals surface area contributed by atoms with Crippen LogP contribution in [0.3, 0.4) is 0 Å². The average Bonchev–Trinajstić information content (AvgIpc) is 3.14. The van der Waals surface area contributed by atoms with Crippen molar-refractivity contribution in [2.45, 2.75) is 45.4 Å². The van der Waals surface area contributed by atoms with Crippen LogP contribution in [0.2, 0.25) is 0 Å². The van der Waals surface area contributed by atoms with Gasteiger partial charge in [0.25, 0.3) is 5.91 Å². The van der Waals surface area contributed by atoms with Crippen LogP contribution in [-0.4, -0.2) is 30.0 Å². The monoisotopic (exact) mass is 247 g/mol. The number of benzene rings is 1. The third-order valence-electron chi connectivity index (χ3n) is 3.24. The van der Waals surface area contributed by atoms with Crippen molar-refractivity contribution >= 4 is 5.91 Å². The van der Waals surface area contributed by atoms with Crippen LogP contribution >= 0.6 is 0 Å². The van der Waals surface area contributed by atoms with Gasteiger partial charge in [0.2, 0.25) is 0 Å². The molecule has 0 radical (unpaired) electrons. The van der Waals surface area contributed by atoms with Crippen LogP contribution in [0.15, 0.2) is 24.3 Å². The van der Waals surface area contributed by atoms with E-state index >= 15 is 0 Å². The van der Waals surface area contributed by atoms with E-state index in [0.717, 1.165) is 24.0 Å². The van der Waals surface area contributed by atoms with Gasteiger partial charge in [0.1, 0.15) is 0 Å². The molecule has 1 aliphatic rings. The standard InChI is InChI=1S/C15H21NO2/c1-11(2)16(14-8-9-14)15(17)13-6-4-12(5-7-13)10-18-3/h4-7,11,14H,8-10H2,1-3H3. The topological polar surface area (TPSA) is 29.5 Å². The van der Waals surface area contributed by atoms with E-state index in [2.05, 4.69) is 13.8 Å². The summed E-state index contributed by atoms with van der Waals surface area (Å²) >= 11 is 0. The first kappa shape index (κ1) is 13.1. The molecule has 98 valence electrons. The van der Waals surface area contributed by atoms with E-state index in [0.29, 0.717) is 12.6 Å². The lowest BCUT2D eigenvalue weighted by Gasteiger charge is -2.26. The van der Waals surface area contributed by atoms with Gasteiger partial charge in [-0.15, -0.1) is 0 Å². The number of amides is 1. The highest BCUT2D eigenvalue weighted by atomic mass is 16.5. The molecule has 3 nitrogen and oxygen atoms in total. The third-order valence-corrected chi connectivity index (χ3v) is 3.24. The van der Waals surface area contributed by atoms with Crippen molar-refractivity contribution < 1.29 is 9.53 Å². The lowest BCUT2D eigenvalue weighted by atomic mass is 10.1. The smallest absolute Gasteiger partial charge is 0.254 e. The molecule has 1 aromatic rings. The highest BCUT2D eigenvalue weighted by Crippen LogP contribution is 2.30. The maximum atomic E-state index is 12.4. The molecule has 1 saturated carbocycles. The molecule has 3 heteroatoms. The molecule has 1 aliphatic carbocycles. The zero-order valence-corrected chi connectivity index (χ0v) is 11.3. The maximum Gasteiger partial charge on any atom is 0.254 e. The Labute approximate surface area is 109 Å². The minimum absolute atomic E-state index is 0.150. The molecule has 0 heterocycles. The first-order valence-corrected chi connectivity index (χ1v) is 6.54. The van der Waals surface area contributed by atoms with E-state index in [-0.39, 0.29) is 11.9 Å². The van der Waals surface area contributed by atoms with E-state index < -0.39 is 0 Å². The van der Waals surface area contributed by atoms with Crippen LogP contribution in [0.25, 0.3) is 0 Å². The molecule has 0 atom stereocenters. The number of hydrogen-bond acceptors (Lipinski definition) is 2. The van der Waals surface area contributed by atoms with Gasteiger partial charge in [-0.3, -0.25) is 4.79 Å². The van der Waals surface area contributed by atoms with Gasteiger partial charge in [0.15, 0.2) is 0 Å². The number of nitrogens with zero attached hydrogens (tertiary/aromatic N) is 1. The van der Waals surface area contributed by atoms with Gasteiger partial charge in [-0.25, -0.2) is 0 Å². The molecule has 0 aliphatic heterocycles. The summed E-state index contributed by atoms with van der Waals surface area (Å²) in [5, 5.41) is 0. The van der Waals surface area contributed by atoms with E-state index in [1.54, 1.807) is 7.11 Å². The number of methoxy groups -OCH3 is 1. The molecule has 0 bridgehead atoms. The zero-order valence-electron chi connectivity index (χ0n) is 11.3. The first-order valence-electron chi connectivity index (χ1n) is 6.54. The number of carbonyl (C=O) groups excluding carboxylic acids is 1. The Morgan fingerprint density at radius 3 is 2.39 bits per heavy atom. The predicted molar refractivity (Wildman–Crippen MR) is 71.5 cm³/mol. The van der Waals surface area contributed by atoms with Crippen molar-refractivity contribution in [3.05, 3.63) is 35.4 Å². The summed E-state index contributed by atoms with van der Waals surface area (Å²) in [7, 11) is 1.67. The summed E-state index contributed by atoms with van der Waals surface area (Å²) in [6.07, 6.45) is 2.29. The normalized spacial score (nSPS) is 14.9. The minimum atomic E-state index is 0.150. The van der Waals surface area contributed by atoms with Crippen molar-refractivity contribution in [3.63, 3.8) is 0 Å². The molecule has 1 amide bonds. The summed E-state index contributed by atoms with van der Waals surface area (Å²) in [5.41, 5.74) is 1.87. The number of ether oxygens (including phenoxy) is 1. The van der Waals surface area contributed by atoms with Gasteiger partial charge in [-0.1, -0.05) is 12.1 Å². The van der Waals surface area contributed by atoms with Gasteiger partial charge in [-0.05, 0) is 44.4 Å². The fraction of sp³-hybridized carbons (Fsp3) is 0.533. The van der Waals surface area contributed by atoms with Crippen LogP contribution in [0.4, 0.5) is 0 Å².